The van der Waals surface area contributed by atoms with Crippen molar-refractivity contribution in [3.63, 3.8) is 0 Å². The monoisotopic (exact) mass is 369 g/mol. The summed E-state index contributed by atoms with van der Waals surface area (Å²) in [7, 11) is 0. The van der Waals surface area contributed by atoms with Crippen molar-refractivity contribution in [1.82, 2.24) is 24.8 Å². The first-order chi connectivity index (χ1) is 13.2. The largest absolute Gasteiger partial charge is 0.337 e. The molecule has 1 amide bonds. The standard InChI is InChI=1S/C20H27N5O2/c1-2-25(14-13-24-11-7-3-4-8-12-24)20(27)16-15-22-18(23-19(16)26)17-9-5-6-10-21-17/h5-6,9-10,15H,2-4,7-8,11-14H2,1H3,(H,22,23,26). The Morgan fingerprint density at radius 1 is 1.19 bits per heavy atom. The number of amides is 1. The zero-order valence-corrected chi connectivity index (χ0v) is 15.9. The van der Waals surface area contributed by atoms with Crippen LogP contribution in [0.25, 0.3) is 11.5 Å². The number of carbonyl (C=O) groups excluding carboxylic acids is 1. The minimum Gasteiger partial charge on any atom is -0.337 e. The van der Waals surface area contributed by atoms with E-state index in [1.807, 2.05) is 13.0 Å². The molecule has 1 saturated heterocycles. The van der Waals surface area contributed by atoms with Gasteiger partial charge in [0.05, 0.1) is 0 Å². The number of nitrogens with zero attached hydrogens (tertiary/aromatic N) is 4. The molecule has 0 aromatic carbocycles. The normalized spacial score (nSPS) is 15.3. The van der Waals surface area contributed by atoms with E-state index in [2.05, 4.69) is 19.9 Å². The third-order valence-corrected chi connectivity index (χ3v) is 4.99. The Balaban J connectivity index is 1.68. The molecule has 144 valence electrons. The molecule has 3 rings (SSSR count). The Hall–Kier alpha value is -2.54. The second-order valence-electron chi connectivity index (χ2n) is 6.83. The number of aromatic nitrogens is 3. The summed E-state index contributed by atoms with van der Waals surface area (Å²) in [6.45, 7) is 6.14. The quantitative estimate of drug-likeness (QED) is 0.844. The van der Waals surface area contributed by atoms with Crippen LogP contribution in [-0.4, -0.2) is 63.4 Å². The molecule has 0 unspecified atom stereocenters. The van der Waals surface area contributed by atoms with E-state index in [9.17, 15) is 9.59 Å². The molecule has 0 aliphatic carbocycles. The van der Waals surface area contributed by atoms with Crippen LogP contribution in [-0.2, 0) is 0 Å². The summed E-state index contributed by atoms with van der Waals surface area (Å²) < 4.78 is 0. The Labute approximate surface area is 159 Å². The molecule has 1 aliphatic rings. The van der Waals surface area contributed by atoms with Gasteiger partial charge in [0, 0.05) is 32.0 Å². The van der Waals surface area contributed by atoms with Gasteiger partial charge in [-0.25, -0.2) is 4.98 Å². The van der Waals surface area contributed by atoms with E-state index in [4.69, 9.17) is 0 Å². The van der Waals surface area contributed by atoms with Gasteiger partial charge >= 0.3 is 0 Å². The third kappa shape index (κ3) is 5.01. The predicted octanol–water partition coefficient (Wildman–Crippen LogP) is 2.17. The smallest absolute Gasteiger partial charge is 0.264 e. The first kappa shape index (κ1) is 19.2. The minimum atomic E-state index is -0.427. The lowest BCUT2D eigenvalue weighted by atomic mass is 10.2. The Bertz CT molecular complexity index is 798. The van der Waals surface area contributed by atoms with Crippen molar-refractivity contribution >= 4 is 5.91 Å². The van der Waals surface area contributed by atoms with Crippen molar-refractivity contribution in [3.05, 3.63) is 46.5 Å². The van der Waals surface area contributed by atoms with Gasteiger partial charge in [0.25, 0.3) is 11.5 Å². The summed E-state index contributed by atoms with van der Waals surface area (Å²) >= 11 is 0. The number of likely N-dealkylation sites (N-methyl/N-ethyl adjacent to an activating group) is 1. The zero-order valence-electron chi connectivity index (χ0n) is 15.9. The fourth-order valence-corrected chi connectivity index (χ4v) is 3.38. The average Bonchev–Trinajstić information content (AvgIpc) is 2.98. The highest BCUT2D eigenvalue weighted by Gasteiger charge is 2.20. The molecule has 3 heterocycles. The van der Waals surface area contributed by atoms with Crippen molar-refractivity contribution in [3.8, 4) is 11.5 Å². The predicted molar refractivity (Wildman–Crippen MR) is 105 cm³/mol. The summed E-state index contributed by atoms with van der Waals surface area (Å²) in [5, 5.41) is 0. The number of hydrogen-bond acceptors (Lipinski definition) is 5. The SMILES string of the molecule is CCN(CCN1CCCCCC1)C(=O)c1cnc(-c2ccccn2)[nH]c1=O. The molecule has 1 aliphatic heterocycles. The molecule has 2 aromatic rings. The van der Waals surface area contributed by atoms with Crippen molar-refractivity contribution in [2.24, 2.45) is 0 Å². The maximum atomic E-state index is 12.8. The number of likely N-dealkylation sites (tertiary alicyclic amines) is 1. The van der Waals surface area contributed by atoms with Gasteiger partial charge in [-0.15, -0.1) is 0 Å². The summed E-state index contributed by atoms with van der Waals surface area (Å²) in [5.41, 5.74) is 0.221. The van der Waals surface area contributed by atoms with Crippen LogP contribution >= 0.6 is 0 Å². The van der Waals surface area contributed by atoms with Crippen LogP contribution in [0.3, 0.4) is 0 Å². The molecule has 27 heavy (non-hydrogen) atoms. The molecular weight excluding hydrogens is 342 g/mol. The highest BCUT2D eigenvalue weighted by molar-refractivity contribution is 5.93. The molecule has 7 nitrogen and oxygen atoms in total. The van der Waals surface area contributed by atoms with Crippen LogP contribution in [0.5, 0.6) is 0 Å². The molecule has 7 heteroatoms. The van der Waals surface area contributed by atoms with Crippen molar-refractivity contribution in [1.29, 1.82) is 0 Å². The Kier molecular flexibility index (Phi) is 6.70. The lowest BCUT2D eigenvalue weighted by molar-refractivity contribution is 0.0743. The molecule has 0 spiro atoms. The molecule has 0 atom stereocenters. The third-order valence-electron chi connectivity index (χ3n) is 4.99. The van der Waals surface area contributed by atoms with E-state index in [1.165, 1.54) is 31.9 Å². The number of carbonyl (C=O) groups is 1. The molecule has 0 bridgehead atoms. The molecule has 1 N–H and O–H groups in total. The number of H-pyrrole nitrogens is 1. The fraction of sp³-hybridized carbons (Fsp3) is 0.500. The highest BCUT2D eigenvalue weighted by Crippen LogP contribution is 2.11. The first-order valence-corrected chi connectivity index (χ1v) is 9.71. The molecule has 0 radical (unpaired) electrons. The summed E-state index contributed by atoms with van der Waals surface area (Å²) in [6.07, 6.45) is 8.01. The number of nitrogens with one attached hydrogen (secondary N) is 1. The van der Waals surface area contributed by atoms with Gasteiger partial charge in [0.1, 0.15) is 11.3 Å². The van der Waals surface area contributed by atoms with Gasteiger partial charge in [0.15, 0.2) is 5.82 Å². The van der Waals surface area contributed by atoms with Gasteiger partial charge in [-0.2, -0.15) is 0 Å². The van der Waals surface area contributed by atoms with Crippen LogP contribution in [0.1, 0.15) is 43.0 Å². The maximum Gasteiger partial charge on any atom is 0.264 e. The zero-order chi connectivity index (χ0) is 19.1. The maximum absolute atomic E-state index is 12.8. The summed E-state index contributed by atoms with van der Waals surface area (Å²) in [5.74, 6) is 0.0957. The Morgan fingerprint density at radius 3 is 2.59 bits per heavy atom. The summed E-state index contributed by atoms with van der Waals surface area (Å²) in [6, 6.07) is 5.38. The van der Waals surface area contributed by atoms with E-state index in [0.29, 0.717) is 24.6 Å². The number of aromatic amines is 1. The van der Waals surface area contributed by atoms with Gasteiger partial charge in [0.2, 0.25) is 0 Å². The van der Waals surface area contributed by atoms with Crippen molar-refractivity contribution in [2.45, 2.75) is 32.6 Å². The van der Waals surface area contributed by atoms with E-state index >= 15 is 0 Å². The molecule has 2 aromatic heterocycles. The Morgan fingerprint density at radius 2 is 1.96 bits per heavy atom. The van der Waals surface area contributed by atoms with Gasteiger partial charge in [-0.3, -0.25) is 14.6 Å². The van der Waals surface area contributed by atoms with E-state index < -0.39 is 5.56 Å². The van der Waals surface area contributed by atoms with Crippen LogP contribution < -0.4 is 5.56 Å². The second kappa shape index (κ2) is 9.41. The van der Waals surface area contributed by atoms with Crippen molar-refractivity contribution < 1.29 is 4.79 Å². The van der Waals surface area contributed by atoms with E-state index in [0.717, 1.165) is 19.6 Å². The van der Waals surface area contributed by atoms with Gasteiger partial charge < -0.3 is 14.8 Å². The van der Waals surface area contributed by atoms with Gasteiger partial charge in [-0.05, 0) is 45.0 Å². The second-order valence-corrected chi connectivity index (χ2v) is 6.83. The summed E-state index contributed by atoms with van der Waals surface area (Å²) in [4.78, 5) is 40.5. The van der Waals surface area contributed by atoms with Gasteiger partial charge in [-0.1, -0.05) is 18.9 Å². The topological polar surface area (TPSA) is 82.2 Å². The van der Waals surface area contributed by atoms with Crippen molar-refractivity contribution in [2.75, 3.05) is 32.7 Å². The number of hydrogen-bond donors (Lipinski definition) is 1. The van der Waals surface area contributed by atoms with Crippen LogP contribution in [0.15, 0.2) is 35.4 Å². The lowest BCUT2D eigenvalue weighted by Gasteiger charge is -2.26. The van der Waals surface area contributed by atoms with E-state index in [-0.39, 0.29) is 11.5 Å². The molecule has 0 saturated carbocycles. The fourth-order valence-electron chi connectivity index (χ4n) is 3.38. The molecule has 1 fully saturated rings. The van der Waals surface area contributed by atoms with Crippen LogP contribution in [0, 0.1) is 0 Å². The number of rotatable bonds is 6. The van der Waals surface area contributed by atoms with Crippen LogP contribution in [0.4, 0.5) is 0 Å². The lowest BCUT2D eigenvalue weighted by Crippen LogP contribution is -2.40. The highest BCUT2D eigenvalue weighted by atomic mass is 16.2. The van der Waals surface area contributed by atoms with Crippen LogP contribution in [0.2, 0.25) is 0 Å². The average molecular weight is 369 g/mol. The number of pyridine rings is 1. The minimum absolute atomic E-state index is 0.0763. The molecular formula is C20H27N5O2. The first-order valence-electron chi connectivity index (χ1n) is 9.71. The van der Waals surface area contributed by atoms with E-state index in [1.54, 1.807) is 23.2 Å².